The predicted octanol–water partition coefficient (Wildman–Crippen LogP) is 4.19. The van der Waals surface area contributed by atoms with E-state index in [0.29, 0.717) is 29.4 Å². The Hall–Kier alpha value is -1.89. The van der Waals surface area contributed by atoms with E-state index in [9.17, 15) is 13.2 Å². The van der Waals surface area contributed by atoms with Crippen molar-refractivity contribution in [3.8, 4) is 0 Å². The molecule has 2 aromatic carbocycles. The van der Waals surface area contributed by atoms with Crippen molar-refractivity contribution in [2.45, 2.75) is 43.6 Å². The molecule has 150 valence electrons. The maximum atomic E-state index is 12.6. The average molecular weight is 422 g/mol. The molecule has 0 radical (unpaired) electrons. The molecule has 0 aliphatic carbocycles. The van der Waals surface area contributed by atoms with Gasteiger partial charge in [-0.3, -0.25) is 4.79 Å². The third-order valence-corrected chi connectivity index (χ3v) is 6.97. The second-order valence-corrected chi connectivity index (χ2v) is 9.27. The minimum Gasteiger partial charge on any atom is -0.461 e. The lowest BCUT2D eigenvalue weighted by Crippen LogP contribution is -2.35. The van der Waals surface area contributed by atoms with Gasteiger partial charge in [0, 0.05) is 24.5 Å². The van der Waals surface area contributed by atoms with Crippen LogP contribution in [0.25, 0.3) is 0 Å². The van der Waals surface area contributed by atoms with Crippen LogP contribution in [-0.2, 0) is 32.6 Å². The number of nitrogens with zero attached hydrogens (tertiary/aromatic N) is 1. The van der Waals surface area contributed by atoms with Crippen molar-refractivity contribution < 1.29 is 17.9 Å². The van der Waals surface area contributed by atoms with Gasteiger partial charge in [0.25, 0.3) is 0 Å². The van der Waals surface area contributed by atoms with Gasteiger partial charge in [-0.25, -0.2) is 8.42 Å². The highest BCUT2D eigenvalue weighted by Crippen LogP contribution is 2.21. The van der Waals surface area contributed by atoms with Crippen LogP contribution in [0.4, 0.5) is 0 Å². The first-order valence-electron chi connectivity index (χ1n) is 9.44. The predicted molar refractivity (Wildman–Crippen MR) is 109 cm³/mol. The van der Waals surface area contributed by atoms with Gasteiger partial charge in [0.15, 0.2) is 0 Å². The zero-order chi connectivity index (χ0) is 20.0. The van der Waals surface area contributed by atoms with Crippen LogP contribution >= 0.6 is 11.6 Å². The Balaban J connectivity index is 1.49. The van der Waals surface area contributed by atoms with Crippen LogP contribution in [0.3, 0.4) is 0 Å². The van der Waals surface area contributed by atoms with E-state index < -0.39 is 10.0 Å². The summed E-state index contributed by atoms with van der Waals surface area (Å²) in [5.74, 6) is -0.292. The Morgan fingerprint density at radius 2 is 1.54 bits per heavy atom. The van der Waals surface area contributed by atoms with Gasteiger partial charge in [0.05, 0.1) is 4.90 Å². The maximum absolute atomic E-state index is 12.6. The molecule has 2 aromatic rings. The van der Waals surface area contributed by atoms with Crippen molar-refractivity contribution in [3.05, 3.63) is 64.7 Å². The summed E-state index contributed by atoms with van der Waals surface area (Å²) >= 11 is 5.83. The fourth-order valence-electron chi connectivity index (χ4n) is 3.15. The molecule has 0 N–H and O–H groups in total. The number of ether oxygens (including phenoxy) is 1. The van der Waals surface area contributed by atoms with Gasteiger partial charge in [0.1, 0.15) is 6.61 Å². The molecule has 0 saturated carbocycles. The van der Waals surface area contributed by atoms with Gasteiger partial charge >= 0.3 is 5.97 Å². The van der Waals surface area contributed by atoms with Crippen LogP contribution in [0.1, 0.15) is 36.8 Å². The first-order valence-corrected chi connectivity index (χ1v) is 11.3. The smallest absolute Gasteiger partial charge is 0.306 e. The van der Waals surface area contributed by atoms with Crippen molar-refractivity contribution >= 4 is 27.6 Å². The van der Waals surface area contributed by atoms with E-state index in [1.807, 2.05) is 12.1 Å². The van der Waals surface area contributed by atoms with E-state index in [1.54, 1.807) is 40.7 Å². The van der Waals surface area contributed by atoms with Crippen molar-refractivity contribution in [2.24, 2.45) is 0 Å². The third-order valence-electron chi connectivity index (χ3n) is 4.81. The van der Waals surface area contributed by atoms with Gasteiger partial charge in [0.2, 0.25) is 10.0 Å². The first kappa shape index (κ1) is 20.8. The number of esters is 1. The fourth-order valence-corrected chi connectivity index (χ4v) is 4.79. The minimum absolute atomic E-state index is 0.211. The van der Waals surface area contributed by atoms with Crippen LogP contribution < -0.4 is 0 Å². The summed E-state index contributed by atoms with van der Waals surface area (Å²) in [4.78, 5) is 12.2. The number of aryl methyl sites for hydroxylation is 1. The average Bonchev–Trinajstić information content (AvgIpc) is 2.73. The molecule has 1 heterocycles. The summed E-state index contributed by atoms with van der Waals surface area (Å²) in [6, 6.07) is 13.9. The normalized spacial score (nSPS) is 15.3. The summed E-state index contributed by atoms with van der Waals surface area (Å²) in [5, 5.41) is 0.640. The summed E-state index contributed by atoms with van der Waals surface area (Å²) < 4.78 is 32.1. The van der Waals surface area contributed by atoms with Crippen molar-refractivity contribution in [1.82, 2.24) is 4.31 Å². The molecule has 1 saturated heterocycles. The van der Waals surface area contributed by atoms with Crippen LogP contribution in [0.2, 0.25) is 5.02 Å². The Morgan fingerprint density at radius 1 is 0.929 bits per heavy atom. The summed E-state index contributed by atoms with van der Waals surface area (Å²) in [5.41, 5.74) is 1.78. The number of benzene rings is 2. The van der Waals surface area contributed by atoms with Crippen LogP contribution in [0, 0.1) is 0 Å². The van der Waals surface area contributed by atoms with Crippen LogP contribution in [-0.4, -0.2) is 31.8 Å². The van der Waals surface area contributed by atoms with Gasteiger partial charge in [-0.2, -0.15) is 4.31 Å². The molecule has 0 spiro atoms. The molecule has 7 heteroatoms. The van der Waals surface area contributed by atoms with E-state index >= 15 is 0 Å². The monoisotopic (exact) mass is 421 g/mol. The topological polar surface area (TPSA) is 63.7 Å². The zero-order valence-corrected chi connectivity index (χ0v) is 17.2. The molecule has 1 aliphatic rings. The van der Waals surface area contributed by atoms with Gasteiger partial charge in [-0.15, -0.1) is 0 Å². The van der Waals surface area contributed by atoms with Gasteiger partial charge in [-0.1, -0.05) is 42.3 Å². The molecular formula is C21H24ClNO4S. The minimum atomic E-state index is -3.42. The third kappa shape index (κ3) is 5.56. The molecule has 0 atom stereocenters. The molecule has 3 rings (SSSR count). The highest BCUT2D eigenvalue weighted by molar-refractivity contribution is 7.89. The van der Waals surface area contributed by atoms with Crippen molar-refractivity contribution in [3.63, 3.8) is 0 Å². The molecule has 28 heavy (non-hydrogen) atoms. The molecule has 1 fully saturated rings. The summed E-state index contributed by atoms with van der Waals surface area (Å²) in [7, 11) is -3.42. The number of carbonyl (C=O) groups excluding carboxylic acids is 1. The molecule has 0 aromatic heterocycles. The van der Waals surface area contributed by atoms with E-state index in [2.05, 4.69) is 0 Å². The Labute approximate surface area is 171 Å². The standard InChI is InChI=1S/C21H24ClNO4S/c22-19-9-4-18(5-10-19)16-27-21(24)13-8-17-6-11-20(12-7-17)28(25,26)23-14-2-1-3-15-23/h4-7,9-12H,1-3,8,13-16H2. The van der Waals surface area contributed by atoms with E-state index in [1.165, 1.54) is 0 Å². The number of rotatable bonds is 7. The van der Waals surface area contributed by atoms with E-state index in [0.717, 1.165) is 30.4 Å². The molecule has 0 bridgehead atoms. The number of hydrogen-bond acceptors (Lipinski definition) is 4. The number of sulfonamides is 1. The molecular weight excluding hydrogens is 398 g/mol. The number of hydrogen-bond donors (Lipinski definition) is 0. The molecule has 1 aliphatic heterocycles. The quantitative estimate of drug-likeness (QED) is 0.629. The SMILES string of the molecule is O=C(CCc1ccc(S(=O)(=O)N2CCCCC2)cc1)OCc1ccc(Cl)cc1. The lowest BCUT2D eigenvalue weighted by molar-refractivity contribution is -0.144. The Morgan fingerprint density at radius 3 is 2.18 bits per heavy atom. The number of carbonyl (C=O) groups is 1. The molecule has 0 unspecified atom stereocenters. The van der Waals surface area contributed by atoms with E-state index in [-0.39, 0.29) is 19.0 Å². The highest BCUT2D eigenvalue weighted by Gasteiger charge is 2.25. The van der Waals surface area contributed by atoms with Gasteiger partial charge < -0.3 is 4.74 Å². The second-order valence-electron chi connectivity index (χ2n) is 6.90. The Bertz CT molecular complexity index is 889. The fraction of sp³-hybridized carbons (Fsp3) is 0.381. The van der Waals surface area contributed by atoms with Crippen LogP contribution in [0.15, 0.2) is 53.4 Å². The van der Waals surface area contributed by atoms with E-state index in [4.69, 9.17) is 16.3 Å². The number of halogens is 1. The summed E-state index contributed by atoms with van der Waals surface area (Å²) in [6.07, 6.45) is 3.65. The summed E-state index contributed by atoms with van der Waals surface area (Å²) in [6.45, 7) is 1.39. The highest BCUT2D eigenvalue weighted by atomic mass is 35.5. The van der Waals surface area contributed by atoms with Gasteiger partial charge in [-0.05, 0) is 54.7 Å². The maximum Gasteiger partial charge on any atom is 0.306 e. The van der Waals surface area contributed by atoms with Crippen LogP contribution in [0.5, 0.6) is 0 Å². The molecule has 5 nitrogen and oxygen atoms in total. The Kier molecular flexibility index (Phi) is 7.10. The lowest BCUT2D eigenvalue weighted by Gasteiger charge is -2.25. The zero-order valence-electron chi connectivity index (χ0n) is 15.6. The second kappa shape index (κ2) is 9.54. The van der Waals surface area contributed by atoms with Crippen molar-refractivity contribution in [1.29, 1.82) is 0 Å². The molecule has 0 amide bonds. The lowest BCUT2D eigenvalue weighted by atomic mass is 10.1. The number of piperidine rings is 1. The largest absolute Gasteiger partial charge is 0.461 e. The van der Waals surface area contributed by atoms with Crippen molar-refractivity contribution in [2.75, 3.05) is 13.1 Å². The first-order chi connectivity index (χ1) is 13.4.